The fraction of sp³-hybridized carbons (Fsp3) is 0.737. The minimum Gasteiger partial charge on any atom is -0.457 e. The molecule has 0 rings (SSSR count). The Bertz CT molecular complexity index is 1290. The molecule has 0 spiro atoms. The number of hydrogen-bond acceptors (Lipinski definition) is 7. The molecule has 0 aliphatic rings. The molecule has 0 saturated heterocycles. The monoisotopic (exact) mass is 944 g/mol. The van der Waals surface area contributed by atoms with Crippen LogP contribution >= 0.6 is 7.82 Å². The van der Waals surface area contributed by atoms with Crippen LogP contribution < -0.4 is 5.73 Å². The Hall–Kier alpha value is -2.32. The molecule has 0 aromatic heterocycles. The van der Waals surface area contributed by atoms with Crippen LogP contribution in [0.3, 0.4) is 0 Å². The second kappa shape index (κ2) is 53.6. The van der Waals surface area contributed by atoms with Crippen molar-refractivity contribution in [3.63, 3.8) is 0 Å². The van der Waals surface area contributed by atoms with E-state index in [2.05, 4.69) is 98.9 Å². The maximum Gasteiger partial charge on any atom is 0.472 e. The molecule has 2 atom stereocenters. The number of phosphoric ester groups is 1. The van der Waals surface area contributed by atoms with Gasteiger partial charge in [0.25, 0.3) is 0 Å². The van der Waals surface area contributed by atoms with Gasteiger partial charge in [0.2, 0.25) is 0 Å². The van der Waals surface area contributed by atoms with Gasteiger partial charge in [-0.3, -0.25) is 13.8 Å². The highest BCUT2D eigenvalue weighted by molar-refractivity contribution is 7.47. The van der Waals surface area contributed by atoms with E-state index in [9.17, 15) is 14.3 Å². The van der Waals surface area contributed by atoms with Crippen molar-refractivity contribution in [3.8, 4) is 0 Å². The summed E-state index contributed by atoms with van der Waals surface area (Å²) in [7, 11) is -4.30. The van der Waals surface area contributed by atoms with E-state index in [1.165, 1.54) is 128 Å². The minimum absolute atomic E-state index is 0.0915. The average molecular weight is 944 g/mol. The molecule has 382 valence electrons. The molecule has 0 aromatic rings. The maximum absolute atomic E-state index is 12.7. The van der Waals surface area contributed by atoms with Gasteiger partial charge in [-0.15, -0.1) is 0 Å². The number of nitrogens with two attached hydrogens (primary N) is 1. The van der Waals surface area contributed by atoms with E-state index >= 15 is 0 Å². The zero-order valence-corrected chi connectivity index (χ0v) is 43.6. The Morgan fingerprint density at radius 1 is 0.470 bits per heavy atom. The van der Waals surface area contributed by atoms with Gasteiger partial charge in [-0.05, 0) is 70.6 Å². The predicted octanol–water partition coefficient (Wildman–Crippen LogP) is 17.2. The molecule has 0 saturated carbocycles. The van der Waals surface area contributed by atoms with Gasteiger partial charge in [0.05, 0.1) is 19.8 Å². The molecular weight excluding hydrogens is 842 g/mol. The number of allylic oxidation sites excluding steroid dienone is 14. The third-order valence-corrected chi connectivity index (χ3v) is 12.3. The number of esters is 1. The number of rotatable bonds is 51. The molecule has 2 unspecified atom stereocenters. The molecule has 0 aromatic carbocycles. The van der Waals surface area contributed by atoms with Gasteiger partial charge in [-0.1, -0.05) is 240 Å². The summed E-state index contributed by atoms with van der Waals surface area (Å²) >= 11 is 0. The summed E-state index contributed by atoms with van der Waals surface area (Å²) in [5.41, 5.74) is 5.39. The summed E-state index contributed by atoms with van der Waals surface area (Å²) in [6.45, 7) is 4.79. The molecule has 0 heterocycles. The van der Waals surface area contributed by atoms with Crippen LogP contribution in [0.2, 0.25) is 0 Å². The molecule has 0 amide bonds. The quantitative estimate of drug-likeness (QED) is 0.0268. The number of unbranched alkanes of at least 4 members (excludes halogenated alkanes) is 24. The zero-order valence-electron chi connectivity index (χ0n) is 42.7. The number of ether oxygens (including phenoxy) is 2. The zero-order chi connectivity index (χ0) is 48.0. The Kier molecular flexibility index (Phi) is 51.7. The summed E-state index contributed by atoms with van der Waals surface area (Å²) in [5.74, 6) is -0.361. The van der Waals surface area contributed by atoms with E-state index in [0.29, 0.717) is 13.0 Å². The van der Waals surface area contributed by atoms with Gasteiger partial charge < -0.3 is 20.1 Å². The van der Waals surface area contributed by atoms with Gasteiger partial charge in [-0.2, -0.15) is 0 Å². The second-order valence-corrected chi connectivity index (χ2v) is 19.2. The van der Waals surface area contributed by atoms with Crippen molar-refractivity contribution in [2.75, 3.05) is 33.0 Å². The van der Waals surface area contributed by atoms with Gasteiger partial charge in [0.15, 0.2) is 0 Å². The fourth-order valence-electron chi connectivity index (χ4n) is 7.39. The Morgan fingerprint density at radius 3 is 1.26 bits per heavy atom. The Morgan fingerprint density at radius 2 is 0.848 bits per heavy atom. The van der Waals surface area contributed by atoms with Crippen molar-refractivity contribution in [2.45, 2.75) is 238 Å². The van der Waals surface area contributed by atoms with Crippen molar-refractivity contribution in [3.05, 3.63) is 85.1 Å². The molecule has 66 heavy (non-hydrogen) atoms. The highest BCUT2D eigenvalue weighted by atomic mass is 31.2. The summed E-state index contributed by atoms with van der Waals surface area (Å²) in [4.78, 5) is 22.6. The Balaban J connectivity index is 4.01. The first kappa shape index (κ1) is 63.7. The van der Waals surface area contributed by atoms with Crippen molar-refractivity contribution in [2.24, 2.45) is 5.73 Å². The van der Waals surface area contributed by atoms with Gasteiger partial charge in [0, 0.05) is 19.6 Å². The average Bonchev–Trinajstić information content (AvgIpc) is 3.31. The third-order valence-electron chi connectivity index (χ3n) is 11.3. The summed E-state index contributed by atoms with van der Waals surface area (Å²) in [5, 5.41) is 0. The van der Waals surface area contributed by atoms with Crippen molar-refractivity contribution < 1.29 is 32.8 Å². The predicted molar refractivity (Wildman–Crippen MR) is 284 cm³/mol. The van der Waals surface area contributed by atoms with Gasteiger partial charge in [-0.25, -0.2) is 4.57 Å². The topological polar surface area (TPSA) is 117 Å². The van der Waals surface area contributed by atoms with Crippen molar-refractivity contribution >= 4 is 13.8 Å². The maximum atomic E-state index is 12.7. The lowest BCUT2D eigenvalue weighted by atomic mass is 10.0. The smallest absolute Gasteiger partial charge is 0.457 e. The molecule has 3 N–H and O–H groups in total. The van der Waals surface area contributed by atoms with E-state index in [0.717, 1.165) is 77.0 Å². The molecule has 0 radical (unpaired) electrons. The first-order chi connectivity index (χ1) is 32.4. The standard InChI is InChI=1S/C57H102NO7P/c1-3-5-7-9-11-13-15-17-19-21-23-25-27-28-29-30-32-34-36-38-40-42-44-46-48-50-57(59)65-56(55-64-66(60,61)63-53-51-58)54-62-52-49-47-45-43-41-39-37-35-33-31-26-24-22-20-18-16-14-12-10-8-6-4-2/h5,7,11,13,17,19,23,25,28-29,32,34,38,40,56H,3-4,6,8-10,12,14-16,18,20-22,24,26-27,30-31,33,35-37,39,41-55,58H2,1-2H3,(H,60,61)/b7-5-,13-11-,19-17-,25-23-,29-28-,34-32-,40-38-. The second-order valence-electron chi connectivity index (χ2n) is 17.7. The summed E-state index contributed by atoms with van der Waals surface area (Å²) in [6.07, 6.45) is 70.6. The molecule has 0 bridgehead atoms. The van der Waals surface area contributed by atoms with Gasteiger partial charge in [0.1, 0.15) is 6.10 Å². The van der Waals surface area contributed by atoms with E-state index in [1.54, 1.807) is 0 Å². The van der Waals surface area contributed by atoms with Crippen LogP contribution in [0.4, 0.5) is 0 Å². The highest BCUT2D eigenvalue weighted by Gasteiger charge is 2.25. The lowest BCUT2D eigenvalue weighted by Gasteiger charge is -2.20. The number of hydrogen-bond donors (Lipinski definition) is 2. The minimum atomic E-state index is -4.30. The number of carbonyl (C=O) groups excluding carboxylic acids is 1. The van der Waals surface area contributed by atoms with E-state index < -0.39 is 13.9 Å². The van der Waals surface area contributed by atoms with E-state index in [-0.39, 0.29) is 38.8 Å². The number of carbonyl (C=O) groups is 1. The van der Waals surface area contributed by atoms with Crippen LogP contribution in [-0.2, 0) is 27.9 Å². The first-order valence-corrected chi connectivity index (χ1v) is 28.6. The van der Waals surface area contributed by atoms with Crippen LogP contribution in [0.1, 0.15) is 232 Å². The summed E-state index contributed by atoms with van der Waals surface area (Å²) in [6, 6.07) is 0. The van der Waals surface area contributed by atoms with Crippen LogP contribution in [0.5, 0.6) is 0 Å². The molecule has 8 nitrogen and oxygen atoms in total. The van der Waals surface area contributed by atoms with Crippen molar-refractivity contribution in [1.82, 2.24) is 0 Å². The van der Waals surface area contributed by atoms with Gasteiger partial charge >= 0.3 is 13.8 Å². The first-order valence-electron chi connectivity index (χ1n) is 27.1. The van der Waals surface area contributed by atoms with Crippen LogP contribution in [0.25, 0.3) is 0 Å². The van der Waals surface area contributed by atoms with Crippen molar-refractivity contribution in [1.29, 1.82) is 0 Å². The summed E-state index contributed by atoms with van der Waals surface area (Å²) < 4.78 is 33.6. The normalized spacial score (nSPS) is 13.9. The molecule has 0 fully saturated rings. The largest absolute Gasteiger partial charge is 0.472 e. The third kappa shape index (κ3) is 52.6. The lowest BCUT2D eigenvalue weighted by molar-refractivity contribution is -0.154. The van der Waals surface area contributed by atoms with Crippen LogP contribution in [0, 0.1) is 0 Å². The Labute approximate surface area is 407 Å². The van der Waals surface area contributed by atoms with Crippen LogP contribution in [-0.4, -0.2) is 49.9 Å². The molecule has 0 aliphatic carbocycles. The fourth-order valence-corrected chi connectivity index (χ4v) is 8.16. The highest BCUT2D eigenvalue weighted by Crippen LogP contribution is 2.43. The molecular formula is C57H102NO7P. The number of phosphoric acid groups is 1. The van der Waals surface area contributed by atoms with Crippen LogP contribution in [0.15, 0.2) is 85.1 Å². The molecule has 9 heteroatoms. The SMILES string of the molecule is CC/C=C\C/C=C\C/C=C\C/C=C\C/C=C\C/C=C\C/C=C\CCCCCC(=O)OC(COCCCCCCCCCCCCCCCCCCCCCCCC)COP(=O)(O)OCCN. The van der Waals surface area contributed by atoms with E-state index in [1.807, 2.05) is 0 Å². The lowest BCUT2D eigenvalue weighted by Crippen LogP contribution is -2.28. The van der Waals surface area contributed by atoms with E-state index in [4.69, 9.17) is 24.3 Å². The molecule has 0 aliphatic heterocycles.